The zero-order valence-electron chi connectivity index (χ0n) is 7.34. The number of hydrogen-bond acceptors (Lipinski definition) is 2. The van der Waals surface area contributed by atoms with Crippen molar-refractivity contribution in [1.82, 2.24) is 0 Å². The molecule has 2 nitrogen and oxygen atoms in total. The third-order valence-electron chi connectivity index (χ3n) is 1.91. The van der Waals surface area contributed by atoms with Crippen molar-refractivity contribution in [2.75, 3.05) is 0 Å². The fraction of sp³-hybridized carbons (Fsp3) is 0.300. The van der Waals surface area contributed by atoms with Crippen molar-refractivity contribution >= 4 is 15.9 Å². The third kappa shape index (κ3) is 2.22. The summed E-state index contributed by atoms with van der Waals surface area (Å²) >= 11 is 3.34. The van der Waals surface area contributed by atoms with Gasteiger partial charge in [-0.3, -0.25) is 0 Å². The highest BCUT2D eigenvalue weighted by Crippen LogP contribution is 2.30. The first-order valence-electron chi connectivity index (χ1n) is 4.00. The molecular weight excluding hydrogens is 230 g/mol. The lowest BCUT2D eigenvalue weighted by Gasteiger charge is -2.07. The molecule has 0 aliphatic carbocycles. The van der Waals surface area contributed by atoms with Crippen molar-refractivity contribution < 1.29 is 5.11 Å². The van der Waals surface area contributed by atoms with Crippen molar-refractivity contribution in [3.8, 4) is 11.8 Å². The van der Waals surface area contributed by atoms with Gasteiger partial charge in [-0.25, -0.2) is 0 Å². The molecule has 1 aromatic rings. The van der Waals surface area contributed by atoms with Crippen LogP contribution in [0.5, 0.6) is 5.75 Å². The Morgan fingerprint density at radius 1 is 1.54 bits per heavy atom. The van der Waals surface area contributed by atoms with Crippen LogP contribution in [0.25, 0.3) is 0 Å². The molecule has 0 fully saturated rings. The number of hydrogen-bond donors (Lipinski definition) is 1. The molecular formula is C10H10BrNO. The zero-order chi connectivity index (χ0) is 9.84. The minimum Gasteiger partial charge on any atom is -0.507 e. The molecule has 0 aliphatic heterocycles. The number of rotatable bonds is 2. The van der Waals surface area contributed by atoms with Crippen LogP contribution in [0.3, 0.4) is 0 Å². The fourth-order valence-electron chi connectivity index (χ4n) is 1.15. The Hall–Kier alpha value is -1.01. The van der Waals surface area contributed by atoms with Crippen molar-refractivity contribution in [2.45, 2.75) is 19.8 Å². The summed E-state index contributed by atoms with van der Waals surface area (Å²) in [6.45, 7) is 1.84. The molecule has 3 heteroatoms. The first-order chi connectivity index (χ1) is 6.16. The van der Waals surface area contributed by atoms with Gasteiger partial charge in [0.15, 0.2) is 0 Å². The Bertz CT molecular complexity index is 355. The van der Waals surface area contributed by atoms with Crippen LogP contribution in [-0.2, 0) is 6.42 Å². The standard InChI is InChI=1S/C10H10BrNO/c1-7-4-5-9(11)8(10(7)13)3-2-6-12/h4-5,13H,2-3H2,1H3. The summed E-state index contributed by atoms with van der Waals surface area (Å²) in [5, 5.41) is 18.1. The third-order valence-corrected chi connectivity index (χ3v) is 2.66. The first kappa shape index (κ1) is 10.1. The van der Waals surface area contributed by atoms with Gasteiger partial charge in [0, 0.05) is 16.5 Å². The van der Waals surface area contributed by atoms with Gasteiger partial charge < -0.3 is 5.11 Å². The van der Waals surface area contributed by atoms with Crippen LogP contribution in [-0.4, -0.2) is 5.11 Å². The molecule has 0 atom stereocenters. The van der Waals surface area contributed by atoms with E-state index in [0.717, 1.165) is 15.6 Å². The molecule has 68 valence electrons. The van der Waals surface area contributed by atoms with E-state index in [1.165, 1.54) is 0 Å². The Morgan fingerprint density at radius 2 is 2.23 bits per heavy atom. The first-order valence-corrected chi connectivity index (χ1v) is 4.80. The van der Waals surface area contributed by atoms with Crippen molar-refractivity contribution in [3.63, 3.8) is 0 Å². The number of phenols is 1. The van der Waals surface area contributed by atoms with Gasteiger partial charge in [0.2, 0.25) is 0 Å². The van der Waals surface area contributed by atoms with E-state index in [1.54, 1.807) is 0 Å². The van der Waals surface area contributed by atoms with Crippen LogP contribution in [0, 0.1) is 18.3 Å². The second-order valence-corrected chi connectivity index (χ2v) is 3.70. The Kier molecular flexibility index (Phi) is 3.32. The molecule has 0 unspecified atom stereocenters. The van der Waals surface area contributed by atoms with Gasteiger partial charge in [-0.2, -0.15) is 5.26 Å². The summed E-state index contributed by atoms with van der Waals surface area (Å²) in [6.07, 6.45) is 1.01. The molecule has 0 spiro atoms. The number of aromatic hydroxyl groups is 1. The van der Waals surface area contributed by atoms with E-state index in [0.29, 0.717) is 18.6 Å². The summed E-state index contributed by atoms with van der Waals surface area (Å²) in [5.74, 6) is 0.296. The van der Waals surface area contributed by atoms with E-state index in [2.05, 4.69) is 22.0 Å². The maximum absolute atomic E-state index is 9.67. The average molecular weight is 240 g/mol. The smallest absolute Gasteiger partial charge is 0.122 e. The van der Waals surface area contributed by atoms with Gasteiger partial charge in [0.25, 0.3) is 0 Å². The topological polar surface area (TPSA) is 44.0 Å². The van der Waals surface area contributed by atoms with Crippen molar-refractivity contribution in [3.05, 3.63) is 27.7 Å². The van der Waals surface area contributed by atoms with Crippen molar-refractivity contribution in [1.29, 1.82) is 5.26 Å². The average Bonchev–Trinajstić information content (AvgIpc) is 2.12. The summed E-state index contributed by atoms with van der Waals surface area (Å²) in [7, 11) is 0. The van der Waals surface area contributed by atoms with Crippen LogP contribution in [0.15, 0.2) is 16.6 Å². The van der Waals surface area contributed by atoms with E-state index in [9.17, 15) is 5.11 Å². The van der Waals surface area contributed by atoms with Crippen LogP contribution in [0.4, 0.5) is 0 Å². The molecule has 0 bridgehead atoms. The molecule has 0 amide bonds. The molecule has 0 saturated carbocycles. The van der Waals surface area contributed by atoms with Gasteiger partial charge in [0.1, 0.15) is 5.75 Å². The van der Waals surface area contributed by atoms with Crippen LogP contribution >= 0.6 is 15.9 Å². The maximum Gasteiger partial charge on any atom is 0.122 e. The maximum atomic E-state index is 9.67. The molecule has 1 rings (SSSR count). The zero-order valence-corrected chi connectivity index (χ0v) is 8.93. The largest absolute Gasteiger partial charge is 0.507 e. The molecule has 0 aromatic heterocycles. The molecule has 13 heavy (non-hydrogen) atoms. The quantitative estimate of drug-likeness (QED) is 0.863. The monoisotopic (exact) mass is 239 g/mol. The van der Waals surface area contributed by atoms with Gasteiger partial charge in [-0.05, 0) is 25.0 Å². The Balaban J connectivity index is 3.04. The SMILES string of the molecule is Cc1ccc(Br)c(CCC#N)c1O. The van der Waals surface area contributed by atoms with E-state index >= 15 is 0 Å². The molecule has 1 N–H and O–H groups in total. The number of benzene rings is 1. The number of nitriles is 1. The highest BCUT2D eigenvalue weighted by Gasteiger charge is 2.07. The Morgan fingerprint density at radius 3 is 2.85 bits per heavy atom. The van der Waals surface area contributed by atoms with Gasteiger partial charge in [-0.15, -0.1) is 0 Å². The molecule has 0 heterocycles. The minimum absolute atomic E-state index is 0.296. The summed E-state index contributed by atoms with van der Waals surface area (Å²) in [6, 6.07) is 5.79. The van der Waals surface area contributed by atoms with E-state index < -0.39 is 0 Å². The molecule has 0 radical (unpaired) electrons. The number of halogens is 1. The second kappa shape index (κ2) is 4.29. The lowest BCUT2D eigenvalue weighted by molar-refractivity contribution is 0.463. The number of aryl methyl sites for hydroxylation is 1. The predicted molar refractivity (Wildman–Crippen MR) is 54.5 cm³/mol. The summed E-state index contributed by atoms with van der Waals surface area (Å²) < 4.78 is 0.867. The van der Waals surface area contributed by atoms with Gasteiger partial charge in [-0.1, -0.05) is 22.0 Å². The number of nitrogens with zero attached hydrogens (tertiary/aromatic N) is 1. The number of phenolic OH excluding ortho intramolecular Hbond substituents is 1. The van der Waals surface area contributed by atoms with Gasteiger partial charge in [0.05, 0.1) is 6.07 Å². The molecule has 0 aliphatic rings. The van der Waals surface area contributed by atoms with Crippen molar-refractivity contribution in [2.24, 2.45) is 0 Å². The normalized spacial score (nSPS) is 9.62. The highest BCUT2D eigenvalue weighted by molar-refractivity contribution is 9.10. The van der Waals surface area contributed by atoms with Crippen LogP contribution in [0.1, 0.15) is 17.5 Å². The fourth-order valence-corrected chi connectivity index (χ4v) is 1.67. The molecule has 1 aromatic carbocycles. The Labute approximate surface area is 85.9 Å². The minimum atomic E-state index is 0.296. The van der Waals surface area contributed by atoms with Crippen LogP contribution in [0.2, 0.25) is 0 Å². The highest BCUT2D eigenvalue weighted by atomic mass is 79.9. The van der Waals surface area contributed by atoms with E-state index in [4.69, 9.17) is 5.26 Å². The summed E-state index contributed by atoms with van der Waals surface area (Å²) in [5.41, 5.74) is 1.66. The van der Waals surface area contributed by atoms with E-state index in [1.807, 2.05) is 19.1 Å². The van der Waals surface area contributed by atoms with Gasteiger partial charge >= 0.3 is 0 Å². The predicted octanol–water partition coefficient (Wildman–Crippen LogP) is 2.92. The van der Waals surface area contributed by atoms with E-state index in [-0.39, 0.29) is 0 Å². The second-order valence-electron chi connectivity index (χ2n) is 2.85. The lowest BCUT2D eigenvalue weighted by atomic mass is 10.1. The lowest BCUT2D eigenvalue weighted by Crippen LogP contribution is -1.89. The molecule has 0 saturated heterocycles. The summed E-state index contributed by atoms with van der Waals surface area (Å²) in [4.78, 5) is 0. The van der Waals surface area contributed by atoms with Crippen LogP contribution < -0.4 is 0 Å².